The molecule has 2 unspecified atom stereocenters. The van der Waals surface area contributed by atoms with Gasteiger partial charge >= 0.3 is 0 Å². The van der Waals surface area contributed by atoms with Gasteiger partial charge in [0.1, 0.15) is 0 Å². The molecule has 0 bridgehead atoms. The van der Waals surface area contributed by atoms with E-state index in [0.717, 1.165) is 18.5 Å². The normalized spacial score (nSPS) is 37.9. The minimum Gasteiger partial charge on any atom is -0.324 e. The Hall–Kier alpha value is -0.0800. The van der Waals surface area contributed by atoms with E-state index in [2.05, 4.69) is 18.7 Å². The molecule has 0 aromatic heterocycles. The van der Waals surface area contributed by atoms with Gasteiger partial charge in [0, 0.05) is 24.7 Å². The molecule has 1 heterocycles. The average Bonchev–Trinajstić information content (AvgIpc) is 2.61. The number of hydrogen-bond donors (Lipinski definition) is 1. The van der Waals surface area contributed by atoms with Crippen LogP contribution in [-0.2, 0) is 0 Å². The van der Waals surface area contributed by atoms with Crippen molar-refractivity contribution in [3.8, 4) is 0 Å². The summed E-state index contributed by atoms with van der Waals surface area (Å²) < 4.78 is 0. The van der Waals surface area contributed by atoms with Crippen LogP contribution in [-0.4, -0.2) is 29.6 Å². The summed E-state index contributed by atoms with van der Waals surface area (Å²) in [5.41, 5.74) is 6.56. The fourth-order valence-electron chi connectivity index (χ4n) is 3.25. The summed E-state index contributed by atoms with van der Waals surface area (Å²) in [6, 6.07) is 0.756. The molecule has 14 heavy (non-hydrogen) atoms. The van der Waals surface area contributed by atoms with Gasteiger partial charge in [0.15, 0.2) is 0 Å². The molecular weight excluding hydrogens is 172 g/mol. The molecule has 0 spiro atoms. The average molecular weight is 196 g/mol. The molecule has 2 heteroatoms. The predicted octanol–water partition coefficient (Wildman–Crippen LogP) is 1.99. The third kappa shape index (κ3) is 2.12. The second-order valence-corrected chi connectivity index (χ2v) is 5.69. The highest BCUT2D eigenvalue weighted by Gasteiger charge is 2.35. The molecule has 0 aromatic rings. The van der Waals surface area contributed by atoms with Gasteiger partial charge in [-0.25, -0.2) is 0 Å². The summed E-state index contributed by atoms with van der Waals surface area (Å²) in [5, 5.41) is 0. The molecule has 2 atom stereocenters. The lowest BCUT2D eigenvalue weighted by Crippen LogP contribution is -2.49. The molecule has 2 N–H and O–H groups in total. The first-order valence-corrected chi connectivity index (χ1v) is 6.12. The van der Waals surface area contributed by atoms with E-state index in [4.69, 9.17) is 5.73 Å². The summed E-state index contributed by atoms with van der Waals surface area (Å²) >= 11 is 0. The number of likely N-dealkylation sites (tertiary alicyclic amines) is 1. The Morgan fingerprint density at radius 1 is 1.29 bits per heavy atom. The Bertz CT molecular complexity index is 196. The molecule has 1 aliphatic heterocycles. The molecule has 0 aromatic carbocycles. The lowest BCUT2D eigenvalue weighted by molar-refractivity contribution is 0.201. The smallest absolute Gasteiger partial charge is 0.0283 e. The first-order valence-electron chi connectivity index (χ1n) is 6.12. The molecule has 0 amide bonds. The van der Waals surface area contributed by atoms with E-state index >= 15 is 0 Å². The molecule has 2 fully saturated rings. The van der Waals surface area contributed by atoms with E-state index in [1.807, 2.05) is 0 Å². The van der Waals surface area contributed by atoms with Crippen LogP contribution in [0.5, 0.6) is 0 Å². The fraction of sp³-hybridized carbons (Fsp3) is 1.00. The molecule has 2 aliphatic rings. The Labute approximate surface area is 87.8 Å². The quantitative estimate of drug-likeness (QED) is 0.732. The van der Waals surface area contributed by atoms with Crippen molar-refractivity contribution in [1.29, 1.82) is 0 Å². The molecular formula is C12H24N2. The van der Waals surface area contributed by atoms with E-state index in [9.17, 15) is 0 Å². The topological polar surface area (TPSA) is 29.3 Å². The summed E-state index contributed by atoms with van der Waals surface area (Å²) in [4.78, 5) is 2.61. The predicted molar refractivity (Wildman–Crippen MR) is 60.2 cm³/mol. The van der Waals surface area contributed by atoms with Gasteiger partial charge in [-0.2, -0.15) is 0 Å². The van der Waals surface area contributed by atoms with Gasteiger partial charge in [-0.1, -0.05) is 19.8 Å². The van der Waals surface area contributed by atoms with Crippen molar-refractivity contribution < 1.29 is 0 Å². The minimum absolute atomic E-state index is 0.151. The fourth-order valence-corrected chi connectivity index (χ4v) is 3.25. The highest BCUT2D eigenvalue weighted by Crippen LogP contribution is 2.31. The first kappa shape index (κ1) is 10.4. The summed E-state index contributed by atoms with van der Waals surface area (Å²) in [7, 11) is 0. The van der Waals surface area contributed by atoms with Gasteiger partial charge in [-0.15, -0.1) is 0 Å². The Kier molecular flexibility index (Phi) is 2.85. The number of nitrogens with zero attached hydrogens (tertiary/aromatic N) is 1. The maximum Gasteiger partial charge on any atom is 0.0283 e. The van der Waals surface area contributed by atoms with Crippen molar-refractivity contribution in [2.75, 3.05) is 13.1 Å². The highest BCUT2D eigenvalue weighted by molar-refractivity contribution is 4.95. The maximum atomic E-state index is 6.40. The maximum absolute atomic E-state index is 6.40. The van der Waals surface area contributed by atoms with Gasteiger partial charge in [-0.05, 0) is 32.1 Å². The largest absolute Gasteiger partial charge is 0.324 e. The van der Waals surface area contributed by atoms with E-state index < -0.39 is 0 Å². The standard InChI is InChI=1S/C12H24N2/c1-10-7-11(2)14(8-10)9-12(13)5-3-4-6-12/h10-11H,3-9,13H2,1-2H3. The van der Waals surface area contributed by atoms with Crippen molar-refractivity contribution in [3.05, 3.63) is 0 Å². The van der Waals surface area contributed by atoms with Gasteiger partial charge in [0.2, 0.25) is 0 Å². The second kappa shape index (κ2) is 3.82. The van der Waals surface area contributed by atoms with Crippen LogP contribution in [0.1, 0.15) is 46.0 Å². The second-order valence-electron chi connectivity index (χ2n) is 5.69. The third-order valence-electron chi connectivity index (χ3n) is 4.03. The lowest BCUT2D eigenvalue weighted by atomic mass is 9.98. The van der Waals surface area contributed by atoms with E-state index in [0.29, 0.717) is 0 Å². The Morgan fingerprint density at radius 3 is 2.43 bits per heavy atom. The van der Waals surface area contributed by atoms with Crippen molar-refractivity contribution >= 4 is 0 Å². The van der Waals surface area contributed by atoms with Crippen LogP contribution < -0.4 is 5.73 Å². The highest BCUT2D eigenvalue weighted by atomic mass is 15.2. The first-order chi connectivity index (χ1) is 6.59. The summed E-state index contributed by atoms with van der Waals surface area (Å²) in [6.07, 6.45) is 6.52. The molecule has 1 saturated heterocycles. The van der Waals surface area contributed by atoms with Crippen LogP contribution in [0.2, 0.25) is 0 Å². The molecule has 1 saturated carbocycles. The van der Waals surface area contributed by atoms with Crippen LogP contribution >= 0.6 is 0 Å². The van der Waals surface area contributed by atoms with Crippen LogP contribution in [0.25, 0.3) is 0 Å². The van der Waals surface area contributed by atoms with Crippen molar-refractivity contribution in [3.63, 3.8) is 0 Å². The van der Waals surface area contributed by atoms with Crippen molar-refractivity contribution in [2.45, 2.75) is 57.5 Å². The van der Waals surface area contributed by atoms with Crippen LogP contribution in [0.3, 0.4) is 0 Å². The molecule has 2 rings (SSSR count). The monoisotopic (exact) mass is 196 g/mol. The molecule has 2 nitrogen and oxygen atoms in total. The van der Waals surface area contributed by atoms with Gasteiger partial charge in [0.05, 0.1) is 0 Å². The SMILES string of the molecule is CC1CC(C)N(CC2(N)CCCC2)C1. The van der Waals surface area contributed by atoms with Gasteiger partial charge in [0.25, 0.3) is 0 Å². The Balaban J connectivity index is 1.90. The zero-order valence-corrected chi connectivity index (χ0v) is 9.63. The number of rotatable bonds is 2. The summed E-state index contributed by atoms with van der Waals surface area (Å²) in [6.45, 7) is 7.11. The van der Waals surface area contributed by atoms with E-state index in [1.54, 1.807) is 0 Å². The molecule has 1 aliphatic carbocycles. The number of nitrogens with two attached hydrogens (primary N) is 1. The molecule has 0 radical (unpaired) electrons. The lowest BCUT2D eigenvalue weighted by Gasteiger charge is -2.32. The summed E-state index contributed by atoms with van der Waals surface area (Å²) in [5.74, 6) is 0.870. The number of hydrogen-bond acceptors (Lipinski definition) is 2. The van der Waals surface area contributed by atoms with Crippen LogP contribution in [0.15, 0.2) is 0 Å². The Morgan fingerprint density at radius 2 is 1.93 bits per heavy atom. The zero-order valence-electron chi connectivity index (χ0n) is 9.63. The van der Waals surface area contributed by atoms with Crippen LogP contribution in [0.4, 0.5) is 0 Å². The van der Waals surface area contributed by atoms with Gasteiger partial charge in [-0.3, -0.25) is 4.90 Å². The van der Waals surface area contributed by atoms with E-state index in [1.165, 1.54) is 38.6 Å². The van der Waals surface area contributed by atoms with Crippen LogP contribution in [0, 0.1) is 5.92 Å². The molecule has 82 valence electrons. The van der Waals surface area contributed by atoms with Crippen molar-refractivity contribution in [2.24, 2.45) is 11.7 Å². The van der Waals surface area contributed by atoms with E-state index in [-0.39, 0.29) is 5.54 Å². The van der Waals surface area contributed by atoms with Gasteiger partial charge < -0.3 is 5.73 Å². The minimum atomic E-state index is 0.151. The third-order valence-corrected chi connectivity index (χ3v) is 4.03. The zero-order chi connectivity index (χ0) is 10.2. The van der Waals surface area contributed by atoms with Crippen molar-refractivity contribution in [1.82, 2.24) is 4.90 Å².